The number of anilines is 3. The Morgan fingerprint density at radius 3 is 2.17 bits per heavy atom. The zero-order valence-electron chi connectivity index (χ0n) is 17.4. The highest BCUT2D eigenvalue weighted by Crippen LogP contribution is 2.24. The maximum absolute atomic E-state index is 12.4. The molecule has 6 nitrogen and oxygen atoms in total. The molecule has 0 heterocycles. The lowest BCUT2D eigenvalue weighted by atomic mass is 10.2. The molecule has 0 aromatic heterocycles. The van der Waals surface area contributed by atoms with E-state index >= 15 is 0 Å². The van der Waals surface area contributed by atoms with Gasteiger partial charge in [0.1, 0.15) is 0 Å². The second kappa shape index (κ2) is 9.57. The number of hydrogen-bond acceptors (Lipinski definition) is 5. The average Bonchev–Trinajstić information content (AvgIpc) is 2.78. The number of nitrogens with zero attached hydrogens (tertiary/aromatic N) is 3. The molecule has 3 aromatic carbocycles. The molecule has 152 valence electrons. The maximum atomic E-state index is 12.4. The summed E-state index contributed by atoms with van der Waals surface area (Å²) in [5.74, 6) is -0.259. The standard InChI is InChI=1S/C24H25N5O/c1-4-17(2)29(3)21-15-13-20(14-16-21)28-27-19-11-9-18(10-12-19)24(30)26-23-8-6-5-7-22(23)25/h7-17H,4,25H2,1-3H3,(H,26,30). The summed E-state index contributed by atoms with van der Waals surface area (Å²) in [6, 6.07) is 24.0. The van der Waals surface area contributed by atoms with Crippen LogP contribution in [0.1, 0.15) is 30.6 Å². The zero-order chi connectivity index (χ0) is 21.5. The second-order valence-corrected chi connectivity index (χ2v) is 7.03. The lowest BCUT2D eigenvalue weighted by molar-refractivity contribution is 0.102. The minimum absolute atomic E-state index is 0.259. The van der Waals surface area contributed by atoms with Crippen LogP contribution in [0, 0.1) is 12.1 Å². The molecule has 0 fully saturated rings. The number of azo groups is 1. The fourth-order valence-corrected chi connectivity index (χ4v) is 2.77. The molecular weight excluding hydrogens is 374 g/mol. The predicted molar refractivity (Wildman–Crippen MR) is 122 cm³/mol. The first-order valence-corrected chi connectivity index (χ1v) is 9.81. The normalized spacial score (nSPS) is 11.7. The predicted octanol–water partition coefficient (Wildman–Crippen LogP) is 5.77. The average molecular weight is 399 g/mol. The van der Waals surface area contributed by atoms with Crippen molar-refractivity contribution in [1.82, 2.24) is 0 Å². The minimum atomic E-state index is -0.259. The van der Waals surface area contributed by atoms with Crippen molar-refractivity contribution in [1.29, 1.82) is 0 Å². The molecule has 3 rings (SSSR count). The molecule has 1 unspecified atom stereocenters. The first kappa shape index (κ1) is 20.9. The van der Waals surface area contributed by atoms with E-state index in [0.29, 0.717) is 28.7 Å². The zero-order valence-corrected chi connectivity index (χ0v) is 17.4. The minimum Gasteiger partial charge on any atom is -0.397 e. The van der Waals surface area contributed by atoms with E-state index < -0.39 is 0 Å². The first-order valence-electron chi connectivity index (χ1n) is 9.81. The van der Waals surface area contributed by atoms with Crippen LogP contribution in [0.2, 0.25) is 0 Å². The molecule has 0 aliphatic heterocycles. The number of rotatable bonds is 7. The van der Waals surface area contributed by atoms with Gasteiger partial charge >= 0.3 is 0 Å². The smallest absolute Gasteiger partial charge is 0.255 e. The molecule has 0 aliphatic rings. The van der Waals surface area contributed by atoms with Crippen molar-refractivity contribution >= 4 is 34.3 Å². The Balaban J connectivity index is 1.63. The number of hydrogen-bond donors (Lipinski definition) is 2. The van der Waals surface area contributed by atoms with E-state index in [0.717, 1.165) is 17.8 Å². The van der Waals surface area contributed by atoms with Gasteiger partial charge in [0.2, 0.25) is 0 Å². The van der Waals surface area contributed by atoms with Gasteiger partial charge in [-0.1, -0.05) is 19.1 Å². The Bertz CT molecular complexity index is 1010. The lowest BCUT2D eigenvalue weighted by Crippen LogP contribution is -2.27. The number of amides is 1. The van der Waals surface area contributed by atoms with Crippen molar-refractivity contribution in [2.45, 2.75) is 26.3 Å². The van der Waals surface area contributed by atoms with Gasteiger partial charge in [-0.15, -0.1) is 0 Å². The summed E-state index contributed by atoms with van der Waals surface area (Å²) in [7, 11) is 2.09. The SMILES string of the molecule is CCC(C)N(C)c1ccc(N=Nc2ccc(C(=O)Nc3cc#ccc3N)cc2)cc1. The summed E-state index contributed by atoms with van der Waals surface area (Å²) in [4.78, 5) is 14.6. The molecule has 0 saturated carbocycles. The summed E-state index contributed by atoms with van der Waals surface area (Å²) in [5.41, 5.74) is 9.84. The highest BCUT2D eigenvalue weighted by Gasteiger charge is 2.08. The van der Waals surface area contributed by atoms with Crippen molar-refractivity contribution < 1.29 is 4.79 Å². The van der Waals surface area contributed by atoms with E-state index in [1.807, 2.05) is 24.3 Å². The van der Waals surface area contributed by atoms with Crippen LogP contribution in [0.3, 0.4) is 0 Å². The molecule has 3 aromatic rings. The van der Waals surface area contributed by atoms with Crippen LogP contribution in [0.25, 0.3) is 0 Å². The number of carbonyl (C=O) groups is 1. The van der Waals surface area contributed by atoms with Crippen molar-refractivity contribution in [2.24, 2.45) is 10.2 Å². The van der Waals surface area contributed by atoms with Gasteiger partial charge in [0.25, 0.3) is 5.91 Å². The van der Waals surface area contributed by atoms with Gasteiger partial charge in [0, 0.05) is 36.5 Å². The van der Waals surface area contributed by atoms with Crippen LogP contribution in [0.5, 0.6) is 0 Å². The van der Waals surface area contributed by atoms with Gasteiger partial charge < -0.3 is 16.0 Å². The van der Waals surface area contributed by atoms with Gasteiger partial charge in [-0.3, -0.25) is 4.79 Å². The molecule has 0 aliphatic carbocycles. The van der Waals surface area contributed by atoms with Crippen molar-refractivity contribution in [3.8, 4) is 0 Å². The third-order valence-corrected chi connectivity index (χ3v) is 5.01. The van der Waals surface area contributed by atoms with Crippen LogP contribution in [0.4, 0.5) is 28.4 Å². The Kier molecular flexibility index (Phi) is 6.66. The van der Waals surface area contributed by atoms with E-state index in [2.05, 4.69) is 53.5 Å². The van der Waals surface area contributed by atoms with Crippen LogP contribution >= 0.6 is 0 Å². The van der Waals surface area contributed by atoms with Crippen molar-refractivity contribution in [2.75, 3.05) is 23.0 Å². The van der Waals surface area contributed by atoms with E-state index in [1.54, 1.807) is 36.4 Å². The van der Waals surface area contributed by atoms with Crippen LogP contribution < -0.4 is 16.0 Å². The molecule has 3 N–H and O–H groups in total. The maximum Gasteiger partial charge on any atom is 0.255 e. The quantitative estimate of drug-likeness (QED) is 0.495. The van der Waals surface area contributed by atoms with E-state index in [9.17, 15) is 4.79 Å². The van der Waals surface area contributed by atoms with E-state index in [1.165, 1.54) is 0 Å². The Labute approximate surface area is 177 Å². The molecule has 0 bridgehead atoms. The summed E-state index contributed by atoms with van der Waals surface area (Å²) in [5, 5.41) is 11.3. The Hall–Kier alpha value is -3.85. The number of nitrogen functional groups attached to an aromatic ring is 1. The summed E-state index contributed by atoms with van der Waals surface area (Å²) < 4.78 is 0. The van der Waals surface area contributed by atoms with E-state index in [-0.39, 0.29) is 5.91 Å². The van der Waals surface area contributed by atoms with Crippen molar-refractivity contribution in [3.63, 3.8) is 0 Å². The van der Waals surface area contributed by atoms with Crippen LogP contribution in [-0.4, -0.2) is 19.0 Å². The number of benzene rings is 2. The fourth-order valence-electron chi connectivity index (χ4n) is 2.77. The monoisotopic (exact) mass is 399 g/mol. The Morgan fingerprint density at radius 1 is 1.03 bits per heavy atom. The highest BCUT2D eigenvalue weighted by atomic mass is 16.1. The molecule has 0 saturated heterocycles. The molecular formula is C24H25N5O. The van der Waals surface area contributed by atoms with Gasteiger partial charge in [-0.05, 0) is 61.9 Å². The molecule has 1 atom stereocenters. The third-order valence-electron chi connectivity index (χ3n) is 5.01. The molecule has 1 amide bonds. The summed E-state index contributed by atoms with van der Waals surface area (Å²) >= 11 is 0. The van der Waals surface area contributed by atoms with Gasteiger partial charge in [-0.25, -0.2) is 0 Å². The Morgan fingerprint density at radius 2 is 1.60 bits per heavy atom. The van der Waals surface area contributed by atoms with Crippen LogP contribution in [0.15, 0.2) is 70.9 Å². The van der Waals surface area contributed by atoms with Gasteiger partial charge in [-0.2, -0.15) is 10.2 Å². The third kappa shape index (κ3) is 5.15. The van der Waals surface area contributed by atoms with Crippen LogP contribution in [-0.2, 0) is 0 Å². The summed E-state index contributed by atoms with van der Waals surface area (Å²) in [6.07, 6.45) is 1.09. The highest BCUT2D eigenvalue weighted by molar-refractivity contribution is 6.05. The van der Waals surface area contributed by atoms with Gasteiger partial charge in [0.15, 0.2) is 0 Å². The molecule has 0 radical (unpaired) electrons. The number of carbonyl (C=O) groups excluding carboxylic acids is 1. The number of nitrogens with one attached hydrogen (secondary N) is 1. The molecule has 30 heavy (non-hydrogen) atoms. The van der Waals surface area contributed by atoms with E-state index in [4.69, 9.17) is 5.73 Å². The second-order valence-electron chi connectivity index (χ2n) is 7.03. The first-order chi connectivity index (χ1) is 14.5. The fraction of sp³-hybridized carbons (Fsp3) is 0.208. The number of nitrogens with two attached hydrogens (primary N) is 1. The lowest BCUT2D eigenvalue weighted by Gasteiger charge is -2.25. The molecule has 0 spiro atoms. The largest absolute Gasteiger partial charge is 0.397 e. The summed E-state index contributed by atoms with van der Waals surface area (Å²) in [6.45, 7) is 4.37. The van der Waals surface area contributed by atoms with Crippen molar-refractivity contribution in [3.05, 3.63) is 78.4 Å². The van der Waals surface area contributed by atoms with Gasteiger partial charge in [0.05, 0.1) is 22.7 Å². The molecule has 6 heteroatoms. The topological polar surface area (TPSA) is 83.1 Å².